The number of aromatic nitrogens is 1. The maximum atomic E-state index is 11.5. The number of carbonyl (C=O) groups is 1. The lowest BCUT2D eigenvalue weighted by atomic mass is 10.1. The number of aryl methyl sites for hydroxylation is 2. The SMILES string of the molecule is Cc1nc(C(C)N2CCCCCC2C(=O)O)c(C)s1. The van der Waals surface area contributed by atoms with E-state index in [2.05, 4.69) is 23.7 Å². The van der Waals surface area contributed by atoms with Crippen LogP contribution < -0.4 is 0 Å². The van der Waals surface area contributed by atoms with Crippen molar-refractivity contribution in [1.82, 2.24) is 9.88 Å². The Morgan fingerprint density at radius 1 is 1.42 bits per heavy atom. The van der Waals surface area contributed by atoms with E-state index in [9.17, 15) is 9.90 Å². The second-order valence-corrected chi connectivity index (χ2v) is 6.70. The average molecular weight is 282 g/mol. The molecule has 1 aliphatic rings. The smallest absolute Gasteiger partial charge is 0.320 e. The molecule has 1 fully saturated rings. The van der Waals surface area contributed by atoms with E-state index in [0.29, 0.717) is 0 Å². The molecule has 0 bridgehead atoms. The molecule has 106 valence electrons. The van der Waals surface area contributed by atoms with Crippen molar-refractivity contribution in [2.24, 2.45) is 0 Å². The Balaban J connectivity index is 2.25. The van der Waals surface area contributed by atoms with Gasteiger partial charge in [-0.1, -0.05) is 12.8 Å². The van der Waals surface area contributed by atoms with Crippen LogP contribution >= 0.6 is 11.3 Å². The summed E-state index contributed by atoms with van der Waals surface area (Å²) < 4.78 is 0. The third-order valence-corrected chi connectivity index (χ3v) is 4.81. The molecule has 0 aromatic carbocycles. The van der Waals surface area contributed by atoms with E-state index in [-0.39, 0.29) is 12.1 Å². The molecule has 0 saturated carbocycles. The molecular formula is C14H22N2O2S. The lowest BCUT2D eigenvalue weighted by molar-refractivity contribution is -0.144. The molecule has 2 unspecified atom stereocenters. The highest BCUT2D eigenvalue weighted by Gasteiger charge is 2.32. The molecule has 0 radical (unpaired) electrons. The minimum atomic E-state index is -0.696. The molecule has 1 aromatic rings. The molecule has 0 spiro atoms. The zero-order chi connectivity index (χ0) is 14.0. The highest BCUT2D eigenvalue weighted by Crippen LogP contribution is 2.31. The topological polar surface area (TPSA) is 53.4 Å². The second-order valence-electron chi connectivity index (χ2n) is 5.29. The van der Waals surface area contributed by atoms with Crippen molar-refractivity contribution in [3.05, 3.63) is 15.6 Å². The van der Waals surface area contributed by atoms with Gasteiger partial charge in [-0.15, -0.1) is 11.3 Å². The first-order valence-corrected chi connectivity index (χ1v) is 7.75. The van der Waals surface area contributed by atoms with Gasteiger partial charge in [-0.3, -0.25) is 9.69 Å². The van der Waals surface area contributed by atoms with Gasteiger partial charge in [-0.05, 0) is 40.2 Å². The van der Waals surface area contributed by atoms with E-state index < -0.39 is 5.97 Å². The fraction of sp³-hybridized carbons (Fsp3) is 0.714. The third-order valence-electron chi connectivity index (χ3n) is 3.91. The van der Waals surface area contributed by atoms with Crippen LogP contribution in [0.4, 0.5) is 0 Å². The van der Waals surface area contributed by atoms with Crippen molar-refractivity contribution in [3.63, 3.8) is 0 Å². The summed E-state index contributed by atoms with van der Waals surface area (Å²) in [6.07, 6.45) is 3.97. The van der Waals surface area contributed by atoms with E-state index in [1.54, 1.807) is 11.3 Å². The molecule has 1 aliphatic heterocycles. The Kier molecular flexibility index (Phi) is 4.58. The molecule has 4 nitrogen and oxygen atoms in total. The van der Waals surface area contributed by atoms with Gasteiger partial charge in [0.05, 0.1) is 16.7 Å². The van der Waals surface area contributed by atoms with Crippen LogP contribution in [-0.4, -0.2) is 33.5 Å². The normalized spacial score (nSPS) is 23.0. The summed E-state index contributed by atoms with van der Waals surface area (Å²) in [5.41, 5.74) is 1.05. The Bertz CT molecular complexity index is 458. The lowest BCUT2D eigenvalue weighted by Crippen LogP contribution is -2.42. The maximum Gasteiger partial charge on any atom is 0.320 e. The number of hydrogen-bond donors (Lipinski definition) is 1. The number of hydrogen-bond acceptors (Lipinski definition) is 4. The predicted octanol–water partition coefficient (Wildman–Crippen LogP) is 3.15. The zero-order valence-electron chi connectivity index (χ0n) is 11.8. The number of thiazole rings is 1. The van der Waals surface area contributed by atoms with Crippen molar-refractivity contribution < 1.29 is 9.90 Å². The van der Waals surface area contributed by atoms with Gasteiger partial charge >= 0.3 is 5.97 Å². The number of likely N-dealkylation sites (tertiary alicyclic amines) is 1. The van der Waals surface area contributed by atoms with Gasteiger partial charge < -0.3 is 5.11 Å². The summed E-state index contributed by atoms with van der Waals surface area (Å²) in [6, 6.07) is -0.275. The van der Waals surface area contributed by atoms with Gasteiger partial charge in [0.25, 0.3) is 0 Å². The molecular weight excluding hydrogens is 260 g/mol. The molecule has 0 amide bonds. The Morgan fingerprint density at radius 3 is 2.74 bits per heavy atom. The molecule has 1 saturated heterocycles. The Morgan fingerprint density at radius 2 is 2.16 bits per heavy atom. The van der Waals surface area contributed by atoms with Crippen LogP contribution in [0.3, 0.4) is 0 Å². The van der Waals surface area contributed by atoms with Crippen molar-refractivity contribution in [1.29, 1.82) is 0 Å². The first-order valence-electron chi connectivity index (χ1n) is 6.93. The largest absolute Gasteiger partial charge is 0.480 e. The number of carboxylic acids is 1. The van der Waals surface area contributed by atoms with Crippen LogP contribution in [-0.2, 0) is 4.79 Å². The van der Waals surface area contributed by atoms with Crippen molar-refractivity contribution in [3.8, 4) is 0 Å². The standard InChI is InChI=1S/C14H22N2O2S/c1-9(13-10(2)19-11(3)15-13)16-8-6-4-5-7-12(16)14(17)18/h9,12H,4-8H2,1-3H3,(H,17,18). The summed E-state index contributed by atoms with van der Waals surface area (Å²) in [6.45, 7) is 7.02. The fourth-order valence-corrected chi connectivity index (χ4v) is 3.86. The van der Waals surface area contributed by atoms with Crippen molar-refractivity contribution >= 4 is 17.3 Å². The van der Waals surface area contributed by atoms with E-state index in [4.69, 9.17) is 0 Å². The molecule has 19 heavy (non-hydrogen) atoms. The monoisotopic (exact) mass is 282 g/mol. The van der Waals surface area contributed by atoms with Gasteiger partial charge in [0.2, 0.25) is 0 Å². The van der Waals surface area contributed by atoms with Gasteiger partial charge in [-0.2, -0.15) is 0 Å². The summed E-state index contributed by atoms with van der Waals surface area (Å²) in [4.78, 5) is 19.4. The van der Waals surface area contributed by atoms with Crippen LogP contribution in [0.5, 0.6) is 0 Å². The van der Waals surface area contributed by atoms with Crippen LogP contribution in [0.2, 0.25) is 0 Å². The number of carboxylic acid groups (broad SMARTS) is 1. The number of nitrogens with zero attached hydrogens (tertiary/aromatic N) is 2. The summed E-state index contributed by atoms with van der Waals surface area (Å²) in [7, 11) is 0. The summed E-state index contributed by atoms with van der Waals surface area (Å²) in [5.74, 6) is -0.696. The summed E-state index contributed by atoms with van der Waals surface area (Å²) in [5, 5.41) is 10.5. The van der Waals surface area contributed by atoms with E-state index in [0.717, 1.165) is 42.9 Å². The quantitative estimate of drug-likeness (QED) is 0.925. The maximum absolute atomic E-state index is 11.5. The zero-order valence-corrected chi connectivity index (χ0v) is 12.7. The minimum absolute atomic E-state index is 0.0872. The lowest BCUT2D eigenvalue weighted by Gasteiger charge is -2.32. The van der Waals surface area contributed by atoms with Crippen molar-refractivity contribution in [2.75, 3.05) is 6.54 Å². The van der Waals surface area contributed by atoms with Crippen LogP contribution in [0, 0.1) is 13.8 Å². The molecule has 0 aliphatic carbocycles. The third kappa shape index (κ3) is 3.15. The van der Waals surface area contributed by atoms with E-state index >= 15 is 0 Å². The van der Waals surface area contributed by atoms with Crippen LogP contribution in [0.25, 0.3) is 0 Å². The van der Waals surface area contributed by atoms with E-state index in [1.807, 2.05) is 6.92 Å². The van der Waals surface area contributed by atoms with Gasteiger partial charge in [0, 0.05) is 4.88 Å². The fourth-order valence-electron chi connectivity index (χ4n) is 2.95. The number of aliphatic carboxylic acids is 1. The van der Waals surface area contributed by atoms with E-state index in [1.165, 1.54) is 4.88 Å². The minimum Gasteiger partial charge on any atom is -0.480 e. The Hall–Kier alpha value is -0.940. The molecule has 2 atom stereocenters. The summed E-state index contributed by atoms with van der Waals surface area (Å²) >= 11 is 1.69. The van der Waals surface area contributed by atoms with Crippen molar-refractivity contribution in [2.45, 2.75) is 58.5 Å². The molecule has 5 heteroatoms. The first-order chi connectivity index (χ1) is 9.00. The van der Waals surface area contributed by atoms with Gasteiger partial charge in [0.1, 0.15) is 6.04 Å². The Labute approximate surface area is 118 Å². The van der Waals surface area contributed by atoms with Crippen LogP contribution in [0.15, 0.2) is 0 Å². The predicted molar refractivity (Wildman–Crippen MR) is 76.6 cm³/mol. The molecule has 1 aromatic heterocycles. The molecule has 2 heterocycles. The van der Waals surface area contributed by atoms with Crippen LogP contribution in [0.1, 0.15) is 54.2 Å². The van der Waals surface area contributed by atoms with Gasteiger partial charge in [-0.25, -0.2) is 4.98 Å². The number of rotatable bonds is 3. The van der Waals surface area contributed by atoms with Gasteiger partial charge in [0.15, 0.2) is 0 Å². The highest BCUT2D eigenvalue weighted by molar-refractivity contribution is 7.11. The average Bonchev–Trinajstić information content (AvgIpc) is 2.57. The first kappa shape index (κ1) is 14.5. The molecule has 2 rings (SSSR count). The second kappa shape index (κ2) is 6.01. The molecule has 1 N–H and O–H groups in total. The highest BCUT2D eigenvalue weighted by atomic mass is 32.1.